The Balaban J connectivity index is 0.980. The third kappa shape index (κ3) is 7.92. The highest BCUT2D eigenvalue weighted by molar-refractivity contribution is 5.94. The van der Waals surface area contributed by atoms with Gasteiger partial charge in [0.15, 0.2) is 29.6 Å². The summed E-state index contributed by atoms with van der Waals surface area (Å²) in [5, 5.41) is 11.9. The van der Waals surface area contributed by atoms with E-state index in [4.69, 9.17) is 9.47 Å². The number of amides is 1. The summed E-state index contributed by atoms with van der Waals surface area (Å²) >= 11 is 0. The van der Waals surface area contributed by atoms with Gasteiger partial charge in [0.2, 0.25) is 5.82 Å². The Morgan fingerprint density at radius 3 is 2.16 bits per heavy atom. The normalized spacial score (nSPS) is 19.1. The number of likely N-dealkylation sites (tertiary alicyclic amines) is 1. The maximum atomic E-state index is 14.2. The van der Waals surface area contributed by atoms with E-state index in [-0.39, 0.29) is 37.1 Å². The van der Waals surface area contributed by atoms with E-state index in [1.807, 2.05) is 83.4 Å². The Labute approximate surface area is 329 Å². The number of para-hydroxylation sites is 2. The number of halogens is 5. The van der Waals surface area contributed by atoms with Crippen molar-refractivity contribution in [1.29, 1.82) is 0 Å². The van der Waals surface area contributed by atoms with Gasteiger partial charge in [-0.05, 0) is 64.9 Å². The summed E-state index contributed by atoms with van der Waals surface area (Å²) in [4.78, 5) is 30.8. The molecule has 0 aliphatic carbocycles. The fraction of sp³-hybridized carbons (Fsp3) is 0.273. The monoisotopic (exact) mass is 798 g/mol. The molecule has 0 radical (unpaired) electrons. The zero-order valence-electron chi connectivity index (χ0n) is 31.1. The Morgan fingerprint density at radius 2 is 1.43 bits per heavy atom. The lowest BCUT2D eigenvalue weighted by Crippen LogP contribution is -2.43. The maximum absolute atomic E-state index is 14.2. The average Bonchev–Trinajstić information content (AvgIpc) is 3.60. The van der Waals surface area contributed by atoms with Gasteiger partial charge in [0.25, 0.3) is 5.91 Å². The summed E-state index contributed by atoms with van der Waals surface area (Å²) in [6.45, 7) is 1.89. The van der Waals surface area contributed by atoms with Crippen molar-refractivity contribution in [2.45, 2.75) is 57.0 Å². The van der Waals surface area contributed by atoms with Crippen molar-refractivity contribution in [3.05, 3.63) is 164 Å². The summed E-state index contributed by atoms with van der Waals surface area (Å²) in [5.74, 6) is -12.6. The van der Waals surface area contributed by atoms with Gasteiger partial charge in [0.1, 0.15) is 5.56 Å². The number of nitrogens with one attached hydrogen (secondary N) is 2. The Bertz CT molecular complexity index is 2490. The highest BCUT2D eigenvalue weighted by atomic mass is 19.2. The van der Waals surface area contributed by atoms with Crippen LogP contribution in [0.5, 0.6) is 0 Å². The zero-order valence-corrected chi connectivity index (χ0v) is 31.1. The highest BCUT2D eigenvalue weighted by Crippen LogP contribution is 2.40. The zero-order chi connectivity index (χ0) is 40.5. The molecule has 2 aliphatic heterocycles. The molecule has 2 aliphatic rings. The van der Waals surface area contributed by atoms with Gasteiger partial charge in [-0.2, -0.15) is 0 Å². The van der Waals surface area contributed by atoms with Crippen LogP contribution in [0.15, 0.2) is 102 Å². The number of fused-ring (bicyclic) bond motifs is 1. The largest absolute Gasteiger partial charge is 0.392 e. The first kappa shape index (κ1) is 39.2. The van der Waals surface area contributed by atoms with Crippen LogP contribution in [0, 0.1) is 29.1 Å². The van der Waals surface area contributed by atoms with Crippen molar-refractivity contribution in [2.24, 2.45) is 0 Å². The van der Waals surface area contributed by atoms with Crippen molar-refractivity contribution < 1.29 is 41.3 Å². The van der Waals surface area contributed by atoms with Crippen LogP contribution in [-0.2, 0) is 22.6 Å². The van der Waals surface area contributed by atoms with E-state index in [1.165, 1.54) is 0 Å². The number of nitrogens with zero attached hydrogens (tertiary/aromatic N) is 2. The first-order valence-corrected chi connectivity index (χ1v) is 19.0. The standard InChI is InChI=1S/C44H39F5N4O5/c45-37-36(38(46)40(48)41(49)39(37)47)42(55)50-22-26-5-3-6-28(19-26)29-7-4-8-30(20-29)43-57-32(21-35(58-43)27-13-11-25(24-54)12-14-27)23-52-17-15-31(16-18-52)53-34-10-2-1-9-33(34)51-44(53)56/h1-14,19-20,31-32,35,43,54H,15-18,21-24H2,(H,50,55)(H,51,56)/t32-,35+,43+/m1/s1. The van der Waals surface area contributed by atoms with Crippen LogP contribution in [0.2, 0.25) is 0 Å². The van der Waals surface area contributed by atoms with Crippen LogP contribution in [0.1, 0.15) is 70.3 Å². The molecule has 58 heavy (non-hydrogen) atoms. The number of aliphatic hydroxyl groups is 1. The van der Waals surface area contributed by atoms with Crippen molar-refractivity contribution in [2.75, 3.05) is 19.6 Å². The number of aliphatic hydroxyl groups excluding tert-OH is 1. The Hall–Kier alpha value is -5.67. The van der Waals surface area contributed by atoms with Crippen LogP contribution < -0.4 is 11.0 Å². The number of aromatic nitrogens is 2. The van der Waals surface area contributed by atoms with E-state index in [2.05, 4.69) is 15.2 Å². The first-order valence-electron chi connectivity index (χ1n) is 19.0. The first-order chi connectivity index (χ1) is 28.1. The van der Waals surface area contributed by atoms with Gasteiger partial charge in [-0.3, -0.25) is 9.36 Å². The number of aromatic amines is 1. The van der Waals surface area contributed by atoms with Gasteiger partial charge in [0.05, 0.1) is 29.8 Å². The topological polar surface area (TPSA) is 109 Å². The second-order valence-corrected chi connectivity index (χ2v) is 14.7. The van der Waals surface area contributed by atoms with Gasteiger partial charge < -0.3 is 29.8 Å². The summed E-state index contributed by atoms with van der Waals surface area (Å²) in [6, 6.07) is 29.9. The van der Waals surface area contributed by atoms with Gasteiger partial charge in [-0.25, -0.2) is 26.7 Å². The fourth-order valence-corrected chi connectivity index (χ4v) is 7.92. The van der Waals surface area contributed by atoms with Crippen molar-refractivity contribution >= 4 is 16.9 Å². The number of rotatable bonds is 10. The molecule has 300 valence electrons. The van der Waals surface area contributed by atoms with Crippen LogP contribution in [-0.4, -0.2) is 51.2 Å². The second kappa shape index (κ2) is 16.7. The molecule has 9 nitrogen and oxygen atoms in total. The number of carbonyl (C=O) groups is 1. The van der Waals surface area contributed by atoms with Crippen LogP contribution in [0.4, 0.5) is 22.0 Å². The lowest BCUT2D eigenvalue weighted by Gasteiger charge is -2.40. The quantitative estimate of drug-likeness (QED) is 0.0737. The van der Waals surface area contributed by atoms with Crippen LogP contribution in [0.25, 0.3) is 22.2 Å². The average molecular weight is 799 g/mol. The van der Waals surface area contributed by atoms with E-state index in [0.717, 1.165) is 64.8 Å². The van der Waals surface area contributed by atoms with E-state index >= 15 is 0 Å². The van der Waals surface area contributed by atoms with Crippen LogP contribution >= 0.6 is 0 Å². The Morgan fingerprint density at radius 1 is 0.759 bits per heavy atom. The van der Waals surface area contributed by atoms with E-state index in [9.17, 15) is 36.6 Å². The van der Waals surface area contributed by atoms with E-state index in [1.54, 1.807) is 18.2 Å². The highest BCUT2D eigenvalue weighted by Gasteiger charge is 2.35. The number of ether oxygens (including phenoxy) is 2. The van der Waals surface area contributed by atoms with Crippen LogP contribution in [0.3, 0.4) is 0 Å². The summed E-state index contributed by atoms with van der Waals surface area (Å²) in [7, 11) is 0. The number of hydrogen-bond acceptors (Lipinski definition) is 6. The molecule has 3 atom stereocenters. The third-order valence-electron chi connectivity index (χ3n) is 10.9. The van der Waals surface area contributed by atoms with Gasteiger partial charge in [0, 0.05) is 44.2 Å². The number of carbonyl (C=O) groups excluding carboxylic acids is 1. The van der Waals surface area contributed by atoms with E-state index in [0.29, 0.717) is 18.5 Å². The maximum Gasteiger partial charge on any atom is 0.326 e. The lowest BCUT2D eigenvalue weighted by molar-refractivity contribution is -0.253. The van der Waals surface area contributed by atoms with Gasteiger partial charge >= 0.3 is 5.69 Å². The number of H-pyrrole nitrogens is 1. The Kier molecular flexibility index (Phi) is 11.3. The molecular formula is C44H39F5N4O5. The molecule has 2 fully saturated rings. The van der Waals surface area contributed by atoms with Crippen molar-refractivity contribution in [1.82, 2.24) is 19.8 Å². The molecule has 0 saturated carbocycles. The number of imidazole rings is 1. The van der Waals surface area contributed by atoms with E-state index < -0.39 is 46.8 Å². The van der Waals surface area contributed by atoms with Crippen molar-refractivity contribution in [3.63, 3.8) is 0 Å². The second-order valence-electron chi connectivity index (χ2n) is 14.7. The predicted octanol–water partition coefficient (Wildman–Crippen LogP) is 8.00. The minimum atomic E-state index is -2.34. The molecule has 5 aromatic carbocycles. The summed E-state index contributed by atoms with van der Waals surface area (Å²) in [6.07, 6.45) is 0.946. The molecule has 2 saturated heterocycles. The molecular weight excluding hydrogens is 759 g/mol. The number of hydrogen-bond donors (Lipinski definition) is 3. The smallest absolute Gasteiger partial charge is 0.326 e. The number of benzene rings is 5. The minimum Gasteiger partial charge on any atom is -0.392 e. The molecule has 0 unspecified atom stereocenters. The van der Waals surface area contributed by atoms with Gasteiger partial charge in [-0.1, -0.05) is 72.8 Å². The summed E-state index contributed by atoms with van der Waals surface area (Å²) in [5.41, 5.74) is 4.57. The molecule has 8 rings (SSSR count). The lowest BCUT2D eigenvalue weighted by atomic mass is 9.97. The van der Waals surface area contributed by atoms with Crippen molar-refractivity contribution in [3.8, 4) is 11.1 Å². The third-order valence-corrected chi connectivity index (χ3v) is 10.9. The molecule has 3 N–H and O–H groups in total. The fourth-order valence-electron chi connectivity index (χ4n) is 7.92. The van der Waals surface area contributed by atoms with Gasteiger partial charge in [-0.15, -0.1) is 0 Å². The molecule has 0 bridgehead atoms. The molecule has 3 heterocycles. The molecule has 1 aromatic heterocycles. The SMILES string of the molecule is O=C(NCc1cccc(-c2cccc([C@H]3O[C@@H](CN4CCC(n5c(=O)[nH]c6ccccc65)CC4)C[C@@H](c4ccc(CO)cc4)O3)c2)c1)c1c(F)c(F)c(F)c(F)c1F. The molecule has 14 heteroatoms. The molecule has 0 spiro atoms. The number of piperidine rings is 1. The minimum absolute atomic E-state index is 0.0769. The molecule has 6 aromatic rings. The summed E-state index contributed by atoms with van der Waals surface area (Å²) < 4.78 is 84.6. The predicted molar refractivity (Wildman–Crippen MR) is 205 cm³/mol. The molecule has 1 amide bonds.